The number of phenols is 1. The second-order valence-electron chi connectivity index (χ2n) is 4.60. The summed E-state index contributed by atoms with van der Waals surface area (Å²) >= 11 is 0. The van der Waals surface area contributed by atoms with Crippen LogP contribution >= 0.6 is 0 Å². The van der Waals surface area contributed by atoms with Crippen molar-refractivity contribution in [2.45, 2.75) is 38.0 Å². The highest BCUT2D eigenvalue weighted by molar-refractivity contribution is 5.52. The van der Waals surface area contributed by atoms with Gasteiger partial charge in [0.2, 0.25) is 6.79 Å². The van der Waals surface area contributed by atoms with Crippen molar-refractivity contribution in [2.75, 3.05) is 6.79 Å². The van der Waals surface area contributed by atoms with Crippen LogP contribution in [0.1, 0.15) is 43.6 Å². The Hall–Kier alpha value is -1.38. The molecule has 0 saturated heterocycles. The van der Waals surface area contributed by atoms with Crippen LogP contribution in [0.2, 0.25) is 0 Å². The number of hydrogen-bond acceptors (Lipinski definition) is 3. The molecular weight excluding hydrogens is 204 g/mol. The van der Waals surface area contributed by atoms with Crippen LogP contribution in [0.3, 0.4) is 0 Å². The number of aromatic hydroxyl groups is 1. The SMILES string of the molecule is Oc1cc2c(cc1C1CCCCC1)OCO2. The van der Waals surface area contributed by atoms with E-state index in [0.717, 1.165) is 11.3 Å². The first-order chi connectivity index (χ1) is 7.84. The van der Waals surface area contributed by atoms with Gasteiger partial charge < -0.3 is 14.6 Å². The first-order valence-corrected chi connectivity index (χ1v) is 5.97. The molecule has 1 aliphatic heterocycles. The Morgan fingerprint density at radius 3 is 2.44 bits per heavy atom. The van der Waals surface area contributed by atoms with Gasteiger partial charge in [-0.2, -0.15) is 0 Å². The molecule has 1 aliphatic carbocycles. The maximum Gasteiger partial charge on any atom is 0.231 e. The minimum atomic E-state index is 0.267. The molecule has 3 nitrogen and oxygen atoms in total. The van der Waals surface area contributed by atoms with Crippen LogP contribution in [-0.4, -0.2) is 11.9 Å². The molecule has 0 radical (unpaired) electrons. The predicted octanol–water partition coefficient (Wildman–Crippen LogP) is 3.17. The summed E-state index contributed by atoms with van der Waals surface area (Å²) in [6.07, 6.45) is 6.19. The zero-order chi connectivity index (χ0) is 11.0. The maximum atomic E-state index is 9.99. The van der Waals surface area contributed by atoms with Crippen LogP contribution in [0.5, 0.6) is 17.2 Å². The molecule has 16 heavy (non-hydrogen) atoms. The van der Waals surface area contributed by atoms with E-state index in [2.05, 4.69) is 0 Å². The normalized spacial score (nSPS) is 20.0. The van der Waals surface area contributed by atoms with E-state index >= 15 is 0 Å². The van der Waals surface area contributed by atoms with Gasteiger partial charge in [-0.1, -0.05) is 19.3 Å². The van der Waals surface area contributed by atoms with Gasteiger partial charge in [0.1, 0.15) is 5.75 Å². The molecule has 2 aliphatic rings. The number of hydrogen-bond donors (Lipinski definition) is 1. The average molecular weight is 220 g/mol. The molecule has 0 aromatic heterocycles. The molecule has 0 amide bonds. The lowest BCUT2D eigenvalue weighted by Gasteiger charge is -2.22. The molecule has 1 aromatic carbocycles. The number of fused-ring (bicyclic) bond motifs is 1. The molecule has 1 aromatic rings. The van der Waals surface area contributed by atoms with Gasteiger partial charge in [0, 0.05) is 11.6 Å². The van der Waals surface area contributed by atoms with Crippen molar-refractivity contribution in [3.8, 4) is 17.2 Å². The molecule has 0 bridgehead atoms. The Kier molecular flexibility index (Phi) is 2.39. The number of rotatable bonds is 1. The van der Waals surface area contributed by atoms with Crippen LogP contribution in [0, 0.1) is 0 Å². The monoisotopic (exact) mass is 220 g/mol. The first kappa shape index (κ1) is 9.82. The van der Waals surface area contributed by atoms with Gasteiger partial charge >= 0.3 is 0 Å². The maximum absolute atomic E-state index is 9.99. The van der Waals surface area contributed by atoms with E-state index in [1.807, 2.05) is 6.07 Å². The summed E-state index contributed by atoms with van der Waals surface area (Å²) in [4.78, 5) is 0. The van der Waals surface area contributed by atoms with Gasteiger partial charge in [0.15, 0.2) is 11.5 Å². The lowest BCUT2D eigenvalue weighted by Crippen LogP contribution is -2.04. The number of ether oxygens (including phenoxy) is 2. The standard InChI is InChI=1S/C13H16O3/c14-11-7-13-12(15-8-16-13)6-10(11)9-4-2-1-3-5-9/h6-7,9,14H,1-5,8H2. The molecular formula is C13H16O3. The van der Waals surface area contributed by atoms with E-state index in [0.29, 0.717) is 17.4 Å². The van der Waals surface area contributed by atoms with E-state index in [-0.39, 0.29) is 6.79 Å². The third-order valence-electron chi connectivity index (χ3n) is 3.57. The van der Waals surface area contributed by atoms with E-state index in [1.54, 1.807) is 6.07 Å². The van der Waals surface area contributed by atoms with Crippen LogP contribution in [0.25, 0.3) is 0 Å². The smallest absolute Gasteiger partial charge is 0.231 e. The highest BCUT2D eigenvalue weighted by atomic mass is 16.7. The Morgan fingerprint density at radius 2 is 1.69 bits per heavy atom. The predicted molar refractivity (Wildman–Crippen MR) is 60.1 cm³/mol. The Morgan fingerprint density at radius 1 is 1.00 bits per heavy atom. The zero-order valence-electron chi connectivity index (χ0n) is 9.24. The van der Waals surface area contributed by atoms with Gasteiger partial charge in [-0.05, 0) is 24.8 Å². The second kappa shape index (κ2) is 3.89. The first-order valence-electron chi connectivity index (χ1n) is 5.97. The molecule has 1 N–H and O–H groups in total. The lowest BCUT2D eigenvalue weighted by molar-refractivity contribution is 0.174. The minimum Gasteiger partial charge on any atom is -0.508 e. The Labute approximate surface area is 95.0 Å². The van der Waals surface area contributed by atoms with Crippen molar-refractivity contribution >= 4 is 0 Å². The summed E-state index contributed by atoms with van der Waals surface area (Å²) in [5.41, 5.74) is 1.03. The molecule has 86 valence electrons. The molecule has 1 fully saturated rings. The van der Waals surface area contributed by atoms with E-state index in [9.17, 15) is 5.11 Å². The van der Waals surface area contributed by atoms with Gasteiger partial charge in [-0.15, -0.1) is 0 Å². The third-order valence-corrected chi connectivity index (χ3v) is 3.57. The fourth-order valence-electron chi connectivity index (χ4n) is 2.69. The third kappa shape index (κ3) is 1.60. The topological polar surface area (TPSA) is 38.7 Å². The van der Waals surface area contributed by atoms with Gasteiger partial charge in [-0.25, -0.2) is 0 Å². The summed E-state index contributed by atoms with van der Waals surface area (Å²) in [6.45, 7) is 0.267. The highest BCUT2D eigenvalue weighted by Gasteiger charge is 2.23. The second-order valence-corrected chi connectivity index (χ2v) is 4.60. The fourth-order valence-corrected chi connectivity index (χ4v) is 2.69. The summed E-state index contributed by atoms with van der Waals surface area (Å²) in [5, 5.41) is 9.99. The summed E-state index contributed by atoms with van der Waals surface area (Å²) in [5.74, 6) is 2.29. The number of benzene rings is 1. The molecule has 1 saturated carbocycles. The minimum absolute atomic E-state index is 0.267. The number of phenolic OH excluding ortho intramolecular Hbond substituents is 1. The molecule has 3 rings (SSSR count). The summed E-state index contributed by atoms with van der Waals surface area (Å²) in [6, 6.07) is 3.64. The molecule has 3 heteroatoms. The van der Waals surface area contributed by atoms with Crippen LogP contribution in [-0.2, 0) is 0 Å². The van der Waals surface area contributed by atoms with Crippen molar-refractivity contribution in [3.63, 3.8) is 0 Å². The van der Waals surface area contributed by atoms with Gasteiger partial charge in [0.05, 0.1) is 0 Å². The van der Waals surface area contributed by atoms with Crippen LogP contribution in [0.15, 0.2) is 12.1 Å². The molecule has 1 heterocycles. The highest BCUT2D eigenvalue weighted by Crippen LogP contribution is 2.44. The van der Waals surface area contributed by atoms with Crippen LogP contribution in [0.4, 0.5) is 0 Å². The molecule has 0 unspecified atom stereocenters. The van der Waals surface area contributed by atoms with E-state index in [1.165, 1.54) is 32.1 Å². The van der Waals surface area contributed by atoms with Crippen LogP contribution < -0.4 is 9.47 Å². The zero-order valence-corrected chi connectivity index (χ0v) is 9.24. The van der Waals surface area contributed by atoms with Crippen molar-refractivity contribution in [3.05, 3.63) is 17.7 Å². The summed E-state index contributed by atoms with van der Waals surface area (Å²) < 4.78 is 10.6. The largest absolute Gasteiger partial charge is 0.508 e. The fraction of sp³-hybridized carbons (Fsp3) is 0.538. The van der Waals surface area contributed by atoms with Gasteiger partial charge in [0.25, 0.3) is 0 Å². The van der Waals surface area contributed by atoms with E-state index in [4.69, 9.17) is 9.47 Å². The van der Waals surface area contributed by atoms with Crippen molar-refractivity contribution < 1.29 is 14.6 Å². The summed E-state index contributed by atoms with van der Waals surface area (Å²) in [7, 11) is 0. The van der Waals surface area contributed by atoms with Crippen molar-refractivity contribution in [2.24, 2.45) is 0 Å². The molecule has 0 atom stereocenters. The lowest BCUT2D eigenvalue weighted by atomic mass is 9.83. The quantitative estimate of drug-likeness (QED) is 0.790. The molecule has 0 spiro atoms. The van der Waals surface area contributed by atoms with Crippen molar-refractivity contribution in [1.29, 1.82) is 0 Å². The van der Waals surface area contributed by atoms with Crippen molar-refractivity contribution in [1.82, 2.24) is 0 Å². The van der Waals surface area contributed by atoms with E-state index < -0.39 is 0 Å². The van der Waals surface area contributed by atoms with Gasteiger partial charge in [-0.3, -0.25) is 0 Å². The Balaban J connectivity index is 1.94. The average Bonchev–Trinajstić information content (AvgIpc) is 2.76. The Bertz CT molecular complexity index is 394.